The molecule has 0 saturated carbocycles. The van der Waals surface area contributed by atoms with E-state index in [2.05, 4.69) is 20.4 Å². The van der Waals surface area contributed by atoms with Crippen LogP contribution in [0.5, 0.6) is 11.5 Å². The highest BCUT2D eigenvalue weighted by atomic mass is 17.2. The Morgan fingerprint density at radius 2 is 1.40 bits per heavy atom. The van der Waals surface area contributed by atoms with Crippen molar-refractivity contribution in [2.45, 2.75) is 19.6 Å². The minimum Gasteiger partial charge on any atom is -0.493 e. The number of carbonyl (C=O) groups excluding carboxylic acids is 2. The van der Waals surface area contributed by atoms with Crippen LogP contribution in [0.1, 0.15) is 48.6 Å². The summed E-state index contributed by atoms with van der Waals surface area (Å²) in [4.78, 5) is 50.1. The number of rotatable bonds is 17. The molecule has 4 aromatic rings. The van der Waals surface area contributed by atoms with Crippen LogP contribution in [0.3, 0.4) is 0 Å². The van der Waals surface area contributed by atoms with Gasteiger partial charge in [-0.05, 0) is 78.4 Å². The van der Waals surface area contributed by atoms with Crippen molar-refractivity contribution in [2.24, 2.45) is 0 Å². The van der Waals surface area contributed by atoms with Crippen LogP contribution in [0, 0.1) is 0 Å². The molecule has 0 aliphatic carbocycles. The summed E-state index contributed by atoms with van der Waals surface area (Å²) in [5.41, 5.74) is 3.21. The highest BCUT2D eigenvalue weighted by molar-refractivity contribution is 6.10. The van der Waals surface area contributed by atoms with Crippen molar-refractivity contribution in [1.29, 1.82) is 0 Å². The molecule has 4 aromatic carbocycles. The summed E-state index contributed by atoms with van der Waals surface area (Å²) in [5.74, 6) is -1.04. The first-order chi connectivity index (χ1) is 22.8. The van der Waals surface area contributed by atoms with Crippen LogP contribution in [-0.4, -0.2) is 55.6 Å². The van der Waals surface area contributed by atoms with Gasteiger partial charge in [-0.15, -0.1) is 0 Å². The van der Waals surface area contributed by atoms with Crippen molar-refractivity contribution in [3.8, 4) is 11.5 Å². The normalized spacial score (nSPS) is 10.6. The molecule has 13 nitrogen and oxygen atoms in total. The molecule has 0 aromatic heterocycles. The van der Waals surface area contributed by atoms with E-state index in [1.165, 1.54) is 26.4 Å². The lowest BCUT2D eigenvalue weighted by atomic mass is 10.0. The molecule has 0 bridgehead atoms. The van der Waals surface area contributed by atoms with Gasteiger partial charge in [0.05, 0.1) is 44.1 Å². The largest absolute Gasteiger partial charge is 0.493 e. The van der Waals surface area contributed by atoms with E-state index < -0.39 is 17.8 Å². The molecule has 0 heterocycles. The van der Waals surface area contributed by atoms with Gasteiger partial charge >= 0.3 is 11.9 Å². The quantitative estimate of drug-likeness (QED) is 0.0452. The van der Waals surface area contributed by atoms with Crippen LogP contribution in [-0.2, 0) is 32.6 Å². The van der Waals surface area contributed by atoms with Crippen LogP contribution in [0.4, 0.5) is 17.1 Å². The molecule has 0 saturated heterocycles. The minimum absolute atomic E-state index is 0.00589. The number of aromatic carboxylic acids is 1. The van der Waals surface area contributed by atoms with Crippen molar-refractivity contribution in [2.75, 3.05) is 38.1 Å². The zero-order chi connectivity index (χ0) is 33.6. The molecule has 0 aliphatic heterocycles. The second-order valence-electron chi connectivity index (χ2n) is 9.93. The average Bonchev–Trinajstić information content (AvgIpc) is 3.08. The predicted octanol–water partition coefficient (Wildman–Crippen LogP) is 6.08. The standard InChI is InChI=1S/C34H34N2O11/c1-42-34(40)23-5-6-24(21-46-41)31(19-23)35-25-7-11-27(12-8-25)44-16-3-17-45-28-13-9-26(10-14-28)36-32(37)30-18-22(20-47-43-2)4-15-29(30)33(38)39/h4-15,18-19,35,41H,3,16-17,20-21H2,1-2H3,(H,36,37)(H,38,39). The molecular formula is C34H34N2O11. The van der Waals surface area contributed by atoms with Crippen LogP contribution in [0.25, 0.3) is 0 Å². The maximum Gasteiger partial charge on any atom is 0.337 e. The van der Waals surface area contributed by atoms with E-state index in [-0.39, 0.29) is 24.3 Å². The van der Waals surface area contributed by atoms with Gasteiger partial charge in [0.15, 0.2) is 0 Å². The molecule has 0 atom stereocenters. The van der Waals surface area contributed by atoms with Crippen molar-refractivity contribution in [1.82, 2.24) is 0 Å². The van der Waals surface area contributed by atoms with E-state index in [4.69, 9.17) is 24.4 Å². The lowest BCUT2D eigenvalue weighted by Crippen LogP contribution is -2.17. The van der Waals surface area contributed by atoms with E-state index in [9.17, 15) is 19.5 Å². The molecule has 4 N–H and O–H groups in total. The summed E-state index contributed by atoms with van der Waals surface area (Å²) in [6.45, 7) is 0.776. The number of amides is 1. The number of carboxylic acid groups (broad SMARTS) is 1. The Morgan fingerprint density at radius 3 is 2.00 bits per heavy atom. The van der Waals surface area contributed by atoms with Gasteiger partial charge in [0.25, 0.3) is 5.91 Å². The van der Waals surface area contributed by atoms with Gasteiger partial charge in [-0.25, -0.2) is 24.3 Å². The van der Waals surface area contributed by atoms with Gasteiger partial charge in [-0.2, -0.15) is 0 Å². The first-order valence-corrected chi connectivity index (χ1v) is 14.3. The Hall–Kier alpha value is -5.47. The molecule has 0 unspecified atom stereocenters. The van der Waals surface area contributed by atoms with E-state index in [1.807, 2.05) is 12.1 Å². The lowest BCUT2D eigenvalue weighted by Gasteiger charge is -2.13. The van der Waals surface area contributed by atoms with Crippen LogP contribution >= 0.6 is 0 Å². The second kappa shape index (κ2) is 17.3. The highest BCUT2D eigenvalue weighted by Crippen LogP contribution is 2.26. The number of anilines is 3. The number of esters is 1. The molecule has 13 heteroatoms. The van der Waals surface area contributed by atoms with E-state index >= 15 is 0 Å². The molecular weight excluding hydrogens is 612 g/mol. The highest BCUT2D eigenvalue weighted by Gasteiger charge is 2.18. The maximum absolute atomic E-state index is 12.9. The van der Waals surface area contributed by atoms with Gasteiger partial charge < -0.3 is 30.0 Å². The zero-order valence-corrected chi connectivity index (χ0v) is 25.7. The summed E-state index contributed by atoms with van der Waals surface area (Å²) in [6.07, 6.45) is 0.602. The molecule has 0 radical (unpaired) electrons. The zero-order valence-electron chi connectivity index (χ0n) is 25.7. The summed E-state index contributed by atoms with van der Waals surface area (Å²) in [6, 6.07) is 23.1. The first kappa shape index (κ1) is 34.4. The van der Waals surface area contributed by atoms with E-state index in [0.717, 1.165) is 5.69 Å². The van der Waals surface area contributed by atoms with E-state index in [1.54, 1.807) is 60.7 Å². The topological polar surface area (TPSA) is 171 Å². The predicted molar refractivity (Wildman–Crippen MR) is 170 cm³/mol. The third kappa shape index (κ3) is 10.0. The molecule has 47 heavy (non-hydrogen) atoms. The van der Waals surface area contributed by atoms with Gasteiger partial charge in [0.2, 0.25) is 0 Å². The molecule has 1 amide bonds. The number of carbonyl (C=O) groups is 3. The molecule has 246 valence electrons. The Kier molecular flexibility index (Phi) is 12.7. The second-order valence-corrected chi connectivity index (χ2v) is 9.93. The summed E-state index contributed by atoms with van der Waals surface area (Å²) >= 11 is 0. The smallest absolute Gasteiger partial charge is 0.337 e. The monoisotopic (exact) mass is 646 g/mol. The molecule has 0 aliphatic rings. The fourth-order valence-electron chi connectivity index (χ4n) is 4.38. The number of ether oxygens (including phenoxy) is 3. The van der Waals surface area contributed by atoms with Gasteiger partial charge in [0, 0.05) is 29.0 Å². The molecule has 4 rings (SSSR count). The Morgan fingerprint density at radius 1 is 0.745 bits per heavy atom. The SMILES string of the molecule is COOCc1ccc(C(=O)O)c(C(=O)Nc2ccc(OCCCOc3ccc(Nc4cc(C(=O)OC)ccc4COO)cc3)cc2)c1. The lowest BCUT2D eigenvalue weighted by molar-refractivity contribution is -0.282. The van der Waals surface area contributed by atoms with Crippen molar-refractivity contribution in [3.63, 3.8) is 0 Å². The third-order valence-electron chi connectivity index (χ3n) is 6.73. The summed E-state index contributed by atoms with van der Waals surface area (Å²) < 4.78 is 16.4. The number of hydrogen-bond donors (Lipinski definition) is 4. The van der Waals surface area contributed by atoms with Gasteiger partial charge in [0.1, 0.15) is 24.7 Å². The Balaban J connectivity index is 1.23. The third-order valence-corrected chi connectivity index (χ3v) is 6.73. The van der Waals surface area contributed by atoms with Crippen molar-refractivity contribution >= 4 is 34.9 Å². The first-order valence-electron chi connectivity index (χ1n) is 14.3. The fourth-order valence-corrected chi connectivity index (χ4v) is 4.38. The molecule has 0 fully saturated rings. The fraction of sp³-hybridized carbons (Fsp3) is 0.206. The number of carboxylic acids is 1. The van der Waals surface area contributed by atoms with Crippen LogP contribution in [0.2, 0.25) is 0 Å². The number of methoxy groups -OCH3 is 1. The average molecular weight is 647 g/mol. The van der Waals surface area contributed by atoms with Gasteiger partial charge in [-0.1, -0.05) is 12.1 Å². The maximum atomic E-state index is 12.9. The Bertz CT molecular complexity index is 1660. The van der Waals surface area contributed by atoms with Crippen molar-refractivity contribution < 1.29 is 53.6 Å². The number of hydrogen-bond acceptors (Lipinski definition) is 11. The summed E-state index contributed by atoms with van der Waals surface area (Å²) in [5, 5.41) is 24.3. The number of benzene rings is 4. The number of nitrogens with one attached hydrogen (secondary N) is 2. The van der Waals surface area contributed by atoms with E-state index in [0.29, 0.717) is 59.2 Å². The Labute approximate surface area is 270 Å². The van der Waals surface area contributed by atoms with Crippen LogP contribution < -0.4 is 20.1 Å². The van der Waals surface area contributed by atoms with Crippen LogP contribution in [0.15, 0.2) is 84.9 Å². The summed E-state index contributed by atoms with van der Waals surface area (Å²) in [7, 11) is 2.66. The van der Waals surface area contributed by atoms with Crippen molar-refractivity contribution in [3.05, 3.63) is 113 Å². The molecule has 0 spiro atoms. The van der Waals surface area contributed by atoms with Gasteiger partial charge in [-0.3, -0.25) is 10.1 Å². The minimum atomic E-state index is -1.22.